The van der Waals surface area contributed by atoms with Crippen molar-refractivity contribution in [2.75, 3.05) is 43.1 Å². The number of nitro benzene ring substituents is 1. The second-order valence-electron chi connectivity index (χ2n) is 5.89. The number of nitro groups is 1. The molecular formula is C17H19N5O4. The quantitative estimate of drug-likeness (QED) is 0.464. The van der Waals surface area contributed by atoms with E-state index in [0.717, 1.165) is 30.4 Å². The first-order valence-electron chi connectivity index (χ1n) is 8.16. The Balaban J connectivity index is 1.77. The van der Waals surface area contributed by atoms with E-state index in [2.05, 4.69) is 24.5 Å². The van der Waals surface area contributed by atoms with Gasteiger partial charge in [0, 0.05) is 44.1 Å². The second-order valence-corrected chi connectivity index (χ2v) is 5.89. The molecule has 1 aromatic heterocycles. The first-order valence-corrected chi connectivity index (χ1v) is 8.16. The molecule has 1 aromatic carbocycles. The molecule has 0 unspecified atom stereocenters. The Morgan fingerprint density at radius 1 is 1.19 bits per heavy atom. The first-order chi connectivity index (χ1) is 12.5. The Labute approximate surface area is 150 Å². The summed E-state index contributed by atoms with van der Waals surface area (Å²) in [7, 11) is 1.21. The molecule has 0 amide bonds. The number of nitrogens with zero attached hydrogens (tertiary/aromatic N) is 5. The van der Waals surface area contributed by atoms with Crippen LogP contribution in [0.1, 0.15) is 16.2 Å². The molecule has 1 aliphatic heterocycles. The zero-order valence-electron chi connectivity index (χ0n) is 14.6. The third-order valence-electron chi connectivity index (χ3n) is 4.31. The molecule has 0 atom stereocenters. The smallest absolute Gasteiger partial charge is 0.344 e. The van der Waals surface area contributed by atoms with Gasteiger partial charge >= 0.3 is 5.97 Å². The average Bonchev–Trinajstić information content (AvgIpc) is 2.67. The van der Waals surface area contributed by atoms with Crippen molar-refractivity contribution in [2.24, 2.45) is 0 Å². The van der Waals surface area contributed by atoms with Gasteiger partial charge in [0.1, 0.15) is 17.2 Å². The summed E-state index contributed by atoms with van der Waals surface area (Å²) >= 11 is 0. The molecule has 0 spiro atoms. The van der Waals surface area contributed by atoms with Crippen molar-refractivity contribution < 1.29 is 14.5 Å². The predicted molar refractivity (Wildman–Crippen MR) is 95.6 cm³/mol. The standard InChI is InChI=1S/C17H19N5O4/c1-12-18-6-5-16(19-12)21-9-7-20(8-10-21)13-3-4-15(22(24)25)14(11-13)17(23)26-2/h3-6,11H,7-10H2,1-2H3. The van der Waals surface area contributed by atoms with Crippen LogP contribution >= 0.6 is 0 Å². The summed E-state index contributed by atoms with van der Waals surface area (Å²) < 4.78 is 4.67. The van der Waals surface area contributed by atoms with Crippen LogP contribution in [0.2, 0.25) is 0 Å². The van der Waals surface area contributed by atoms with Gasteiger partial charge in [-0.3, -0.25) is 10.1 Å². The summed E-state index contributed by atoms with van der Waals surface area (Å²) in [4.78, 5) is 35.2. The lowest BCUT2D eigenvalue weighted by Gasteiger charge is -2.36. The molecule has 3 rings (SSSR count). The minimum absolute atomic E-state index is 0.0381. The molecule has 26 heavy (non-hydrogen) atoms. The number of piperazine rings is 1. The van der Waals surface area contributed by atoms with Gasteiger partial charge in [-0.1, -0.05) is 0 Å². The van der Waals surface area contributed by atoms with E-state index in [9.17, 15) is 14.9 Å². The van der Waals surface area contributed by atoms with Crippen LogP contribution in [0.5, 0.6) is 0 Å². The van der Waals surface area contributed by atoms with E-state index in [0.29, 0.717) is 13.1 Å². The molecule has 2 aromatic rings. The number of esters is 1. The number of ether oxygens (including phenoxy) is 1. The Hall–Kier alpha value is -3.23. The monoisotopic (exact) mass is 357 g/mol. The van der Waals surface area contributed by atoms with Crippen LogP contribution in [-0.4, -0.2) is 54.1 Å². The average molecular weight is 357 g/mol. The van der Waals surface area contributed by atoms with Crippen molar-refractivity contribution in [3.8, 4) is 0 Å². The number of methoxy groups -OCH3 is 1. The lowest BCUT2D eigenvalue weighted by atomic mass is 10.1. The van der Waals surface area contributed by atoms with Crippen LogP contribution in [0, 0.1) is 17.0 Å². The molecule has 9 nitrogen and oxygen atoms in total. The Morgan fingerprint density at radius 3 is 2.50 bits per heavy atom. The normalized spacial score (nSPS) is 14.2. The third-order valence-corrected chi connectivity index (χ3v) is 4.31. The van der Waals surface area contributed by atoms with E-state index in [1.165, 1.54) is 19.2 Å². The molecule has 1 fully saturated rings. The molecule has 0 saturated carbocycles. The zero-order valence-corrected chi connectivity index (χ0v) is 14.6. The van der Waals surface area contributed by atoms with Crippen LogP contribution in [0.25, 0.3) is 0 Å². The number of aromatic nitrogens is 2. The van der Waals surface area contributed by atoms with E-state index >= 15 is 0 Å². The fourth-order valence-electron chi connectivity index (χ4n) is 2.97. The zero-order chi connectivity index (χ0) is 18.7. The van der Waals surface area contributed by atoms with Crippen LogP contribution in [-0.2, 0) is 4.74 Å². The summed E-state index contributed by atoms with van der Waals surface area (Å²) in [5, 5.41) is 11.1. The predicted octanol–water partition coefficient (Wildman–Crippen LogP) is 1.81. The maximum atomic E-state index is 11.9. The second kappa shape index (κ2) is 7.34. The summed E-state index contributed by atoms with van der Waals surface area (Å²) in [6.45, 7) is 4.77. The molecule has 1 saturated heterocycles. The minimum Gasteiger partial charge on any atom is -0.465 e. The fourth-order valence-corrected chi connectivity index (χ4v) is 2.97. The van der Waals surface area contributed by atoms with E-state index < -0.39 is 10.9 Å². The van der Waals surface area contributed by atoms with Gasteiger partial charge in [0.25, 0.3) is 5.69 Å². The lowest BCUT2D eigenvalue weighted by molar-refractivity contribution is -0.385. The van der Waals surface area contributed by atoms with E-state index in [1.807, 2.05) is 13.0 Å². The van der Waals surface area contributed by atoms with Crippen molar-refractivity contribution in [2.45, 2.75) is 6.92 Å². The minimum atomic E-state index is -0.714. The molecule has 0 radical (unpaired) electrons. The molecule has 136 valence electrons. The van der Waals surface area contributed by atoms with Gasteiger partial charge in [0.15, 0.2) is 0 Å². The van der Waals surface area contributed by atoms with Gasteiger partial charge in [-0.05, 0) is 25.1 Å². The van der Waals surface area contributed by atoms with Gasteiger partial charge < -0.3 is 14.5 Å². The lowest BCUT2D eigenvalue weighted by Crippen LogP contribution is -2.47. The van der Waals surface area contributed by atoms with Gasteiger partial charge in [-0.15, -0.1) is 0 Å². The number of hydrogen-bond donors (Lipinski definition) is 0. The molecular weight excluding hydrogens is 338 g/mol. The number of benzene rings is 1. The first kappa shape index (κ1) is 17.6. The van der Waals surface area contributed by atoms with Crippen molar-refractivity contribution in [3.63, 3.8) is 0 Å². The highest BCUT2D eigenvalue weighted by molar-refractivity contribution is 5.95. The van der Waals surface area contributed by atoms with E-state index in [1.54, 1.807) is 12.3 Å². The van der Waals surface area contributed by atoms with E-state index in [-0.39, 0.29) is 11.3 Å². The van der Waals surface area contributed by atoms with Gasteiger partial charge in [-0.2, -0.15) is 0 Å². The number of hydrogen-bond acceptors (Lipinski definition) is 8. The summed E-state index contributed by atoms with van der Waals surface area (Å²) in [6, 6.07) is 6.41. The maximum absolute atomic E-state index is 11.9. The van der Waals surface area contributed by atoms with E-state index in [4.69, 9.17) is 0 Å². The molecule has 2 heterocycles. The highest BCUT2D eigenvalue weighted by Crippen LogP contribution is 2.27. The van der Waals surface area contributed by atoms with Crippen LogP contribution in [0.3, 0.4) is 0 Å². The molecule has 0 aliphatic carbocycles. The summed E-state index contributed by atoms with van der Waals surface area (Å²) in [5.74, 6) is 0.896. The molecule has 9 heteroatoms. The number of rotatable bonds is 4. The van der Waals surface area contributed by atoms with Crippen molar-refractivity contribution in [1.29, 1.82) is 0 Å². The third kappa shape index (κ3) is 3.56. The van der Waals surface area contributed by atoms with Gasteiger partial charge in [-0.25, -0.2) is 14.8 Å². The molecule has 1 aliphatic rings. The highest BCUT2D eigenvalue weighted by atomic mass is 16.6. The summed E-state index contributed by atoms with van der Waals surface area (Å²) in [5.41, 5.74) is 0.467. The van der Waals surface area contributed by atoms with Crippen LogP contribution in [0.15, 0.2) is 30.5 Å². The van der Waals surface area contributed by atoms with Gasteiger partial charge in [0.05, 0.1) is 12.0 Å². The van der Waals surface area contributed by atoms with Crippen molar-refractivity contribution in [3.05, 3.63) is 52.0 Å². The maximum Gasteiger partial charge on any atom is 0.344 e. The van der Waals surface area contributed by atoms with Crippen molar-refractivity contribution in [1.82, 2.24) is 9.97 Å². The van der Waals surface area contributed by atoms with Gasteiger partial charge in [0.2, 0.25) is 0 Å². The Bertz CT molecular complexity index is 834. The number of carbonyl (C=O) groups is 1. The molecule has 0 bridgehead atoms. The largest absolute Gasteiger partial charge is 0.465 e. The summed E-state index contributed by atoms with van der Waals surface area (Å²) in [6.07, 6.45) is 1.74. The SMILES string of the molecule is COC(=O)c1cc(N2CCN(c3ccnc(C)n3)CC2)ccc1[N+](=O)[O-]. The Kier molecular flexibility index (Phi) is 4.97. The number of carbonyl (C=O) groups excluding carboxylic acids is 1. The Morgan fingerprint density at radius 2 is 1.88 bits per heavy atom. The van der Waals surface area contributed by atoms with Crippen LogP contribution < -0.4 is 9.80 Å². The molecule has 0 N–H and O–H groups in total. The number of aryl methyl sites for hydroxylation is 1. The van der Waals surface area contributed by atoms with Crippen molar-refractivity contribution >= 4 is 23.2 Å². The highest BCUT2D eigenvalue weighted by Gasteiger charge is 2.24. The fraction of sp³-hybridized carbons (Fsp3) is 0.353. The topological polar surface area (TPSA) is 102 Å². The van der Waals surface area contributed by atoms with Crippen LogP contribution in [0.4, 0.5) is 17.2 Å². The number of anilines is 2.